The van der Waals surface area contributed by atoms with E-state index in [1.807, 2.05) is 36.5 Å². The molecule has 5 nitrogen and oxygen atoms in total. The molecule has 0 atom stereocenters. The first kappa shape index (κ1) is 21.4. The van der Waals surface area contributed by atoms with Gasteiger partial charge in [0.05, 0.1) is 24.1 Å². The molecule has 0 spiro atoms. The number of nitrogens with zero attached hydrogens (tertiary/aromatic N) is 2. The summed E-state index contributed by atoms with van der Waals surface area (Å²) in [4.78, 5) is 22.1. The third-order valence-corrected chi connectivity index (χ3v) is 6.93. The standard InChI is InChI=1S/C32H23N3O2/c36-32-28(19-24-13-8-16-37-24)34-31-27(17-21-9-2-1-3-10-21)33-29(20-35(31)32)30-25-14-6-4-11-22(25)18-23-12-5-7-15-26(23)30/h1-16,18,20,33H,17,19H2. The highest BCUT2D eigenvalue weighted by Gasteiger charge is 2.22. The highest BCUT2D eigenvalue weighted by Crippen LogP contribution is 2.36. The minimum atomic E-state index is -0.125. The van der Waals surface area contributed by atoms with Crippen LogP contribution in [-0.2, 0) is 12.8 Å². The van der Waals surface area contributed by atoms with Crippen molar-refractivity contribution < 1.29 is 4.42 Å². The third kappa shape index (κ3) is 3.72. The molecule has 2 aliphatic heterocycles. The van der Waals surface area contributed by atoms with Crippen molar-refractivity contribution in [1.29, 1.82) is 0 Å². The van der Waals surface area contributed by atoms with Gasteiger partial charge in [0.25, 0.3) is 5.56 Å². The normalized spacial score (nSPS) is 11.6. The van der Waals surface area contributed by atoms with Crippen LogP contribution in [0, 0.1) is 0 Å². The van der Waals surface area contributed by atoms with Gasteiger partial charge in [-0.05, 0) is 45.3 Å². The Morgan fingerprint density at radius 2 is 1.49 bits per heavy atom. The topological polar surface area (TPSA) is 63.8 Å². The van der Waals surface area contributed by atoms with Gasteiger partial charge in [-0.1, -0.05) is 78.9 Å². The molecule has 0 aliphatic carbocycles. The van der Waals surface area contributed by atoms with Crippen LogP contribution in [0.4, 0.5) is 0 Å². The van der Waals surface area contributed by atoms with E-state index in [1.165, 1.54) is 0 Å². The molecule has 0 amide bonds. The van der Waals surface area contributed by atoms with Crippen LogP contribution in [0.2, 0.25) is 0 Å². The molecule has 0 saturated carbocycles. The Labute approximate surface area is 213 Å². The number of fused-ring (bicyclic) bond motifs is 3. The zero-order valence-electron chi connectivity index (χ0n) is 20.0. The Morgan fingerprint density at radius 1 is 0.784 bits per heavy atom. The van der Waals surface area contributed by atoms with Gasteiger partial charge in [0.2, 0.25) is 0 Å². The lowest BCUT2D eigenvalue weighted by atomic mass is 9.95. The number of benzene rings is 4. The Morgan fingerprint density at radius 3 is 2.19 bits per heavy atom. The molecule has 2 aliphatic rings. The lowest BCUT2D eigenvalue weighted by Gasteiger charge is -2.16. The van der Waals surface area contributed by atoms with Crippen LogP contribution in [0.15, 0.2) is 119 Å². The maximum absolute atomic E-state index is 13.6. The number of rotatable bonds is 5. The maximum atomic E-state index is 13.6. The molecular weight excluding hydrogens is 458 g/mol. The zero-order chi connectivity index (χ0) is 24.8. The predicted octanol–water partition coefficient (Wildman–Crippen LogP) is 6.75. The van der Waals surface area contributed by atoms with Gasteiger partial charge in [-0.3, -0.25) is 9.36 Å². The highest BCUT2D eigenvalue weighted by atomic mass is 16.3. The summed E-state index contributed by atoms with van der Waals surface area (Å²) < 4.78 is 7.20. The van der Waals surface area contributed by atoms with E-state index in [0.717, 1.165) is 49.8 Å². The summed E-state index contributed by atoms with van der Waals surface area (Å²) in [5.74, 6) is 1.36. The van der Waals surface area contributed by atoms with Gasteiger partial charge in [-0.2, -0.15) is 0 Å². The second-order valence-electron chi connectivity index (χ2n) is 9.32. The fourth-order valence-electron chi connectivity index (χ4n) is 5.22. The Kier molecular flexibility index (Phi) is 5.00. The molecule has 7 rings (SSSR count). The lowest BCUT2D eigenvalue weighted by molar-refractivity contribution is 0.519. The molecule has 3 heterocycles. The average molecular weight is 482 g/mol. The molecule has 5 heteroatoms. The van der Waals surface area contributed by atoms with Crippen LogP contribution in [0.1, 0.15) is 22.7 Å². The molecule has 0 saturated heterocycles. The number of aromatic amines is 1. The zero-order valence-corrected chi connectivity index (χ0v) is 20.0. The predicted molar refractivity (Wildman–Crippen MR) is 147 cm³/mol. The van der Waals surface area contributed by atoms with Gasteiger partial charge in [0, 0.05) is 18.2 Å². The van der Waals surface area contributed by atoms with Crippen LogP contribution >= 0.6 is 0 Å². The van der Waals surface area contributed by atoms with Gasteiger partial charge < -0.3 is 9.40 Å². The van der Waals surface area contributed by atoms with E-state index in [9.17, 15) is 4.79 Å². The van der Waals surface area contributed by atoms with Crippen molar-refractivity contribution in [3.8, 4) is 17.1 Å². The molecule has 37 heavy (non-hydrogen) atoms. The van der Waals surface area contributed by atoms with Gasteiger partial charge in [0.15, 0.2) is 5.82 Å². The van der Waals surface area contributed by atoms with Crippen LogP contribution in [0.5, 0.6) is 0 Å². The van der Waals surface area contributed by atoms with Crippen molar-refractivity contribution in [3.05, 3.63) is 143 Å². The molecule has 4 aromatic carbocycles. The number of imidazole rings is 1. The molecule has 5 aromatic rings. The second-order valence-corrected chi connectivity index (χ2v) is 9.32. The quantitative estimate of drug-likeness (QED) is 0.277. The number of aromatic nitrogens is 3. The van der Waals surface area contributed by atoms with E-state index in [0.29, 0.717) is 24.4 Å². The summed E-state index contributed by atoms with van der Waals surface area (Å²) >= 11 is 0. The van der Waals surface area contributed by atoms with Gasteiger partial charge in [-0.25, -0.2) is 4.98 Å². The van der Waals surface area contributed by atoms with Crippen LogP contribution < -0.4 is 5.56 Å². The summed E-state index contributed by atoms with van der Waals surface area (Å²) in [7, 11) is 0. The summed E-state index contributed by atoms with van der Waals surface area (Å²) in [6, 6.07) is 32.9. The maximum Gasteiger partial charge on any atom is 0.278 e. The van der Waals surface area contributed by atoms with Crippen molar-refractivity contribution in [2.24, 2.45) is 0 Å². The molecule has 1 aromatic heterocycles. The van der Waals surface area contributed by atoms with Gasteiger partial charge >= 0.3 is 0 Å². The molecule has 1 N–H and O–H groups in total. The fourth-order valence-corrected chi connectivity index (χ4v) is 5.22. The smallest absolute Gasteiger partial charge is 0.278 e. The lowest BCUT2D eigenvalue weighted by Crippen LogP contribution is -2.17. The van der Waals surface area contributed by atoms with Crippen molar-refractivity contribution >= 4 is 21.5 Å². The molecule has 178 valence electrons. The molecular formula is C32H23N3O2. The summed E-state index contributed by atoms with van der Waals surface area (Å²) in [6.07, 6.45) is 4.50. The minimum absolute atomic E-state index is 0.125. The first-order valence-electron chi connectivity index (χ1n) is 12.3. The van der Waals surface area contributed by atoms with Crippen molar-refractivity contribution in [1.82, 2.24) is 14.5 Å². The Bertz CT molecular complexity index is 1840. The Hall–Kier alpha value is -4.90. The van der Waals surface area contributed by atoms with Crippen molar-refractivity contribution in [2.75, 3.05) is 0 Å². The van der Waals surface area contributed by atoms with E-state index in [1.54, 1.807) is 10.8 Å². The number of hydrogen-bond acceptors (Lipinski definition) is 3. The van der Waals surface area contributed by atoms with Crippen molar-refractivity contribution in [3.63, 3.8) is 0 Å². The largest absolute Gasteiger partial charge is 0.469 e. The van der Waals surface area contributed by atoms with E-state index in [-0.39, 0.29) is 5.56 Å². The third-order valence-electron chi connectivity index (χ3n) is 6.93. The molecule has 0 unspecified atom stereocenters. The van der Waals surface area contributed by atoms with E-state index in [4.69, 9.17) is 9.40 Å². The van der Waals surface area contributed by atoms with Crippen molar-refractivity contribution in [2.45, 2.75) is 12.8 Å². The number of nitrogens with one attached hydrogen (secondary N) is 1. The van der Waals surface area contributed by atoms with E-state index in [2.05, 4.69) is 71.7 Å². The number of furan rings is 1. The molecule has 0 fully saturated rings. The van der Waals surface area contributed by atoms with Crippen LogP contribution in [0.3, 0.4) is 0 Å². The van der Waals surface area contributed by atoms with E-state index >= 15 is 0 Å². The average Bonchev–Trinajstić information content (AvgIpc) is 3.56. The summed E-state index contributed by atoms with van der Waals surface area (Å²) in [5, 5.41) is 4.57. The SMILES string of the molecule is O=c1c(Cc2ccco2)nc2c(Cc3ccccc3)[nH]c(-c3c4ccccc4cc4ccccc34)cn1-2. The second kappa shape index (κ2) is 8.64. The highest BCUT2D eigenvalue weighted by molar-refractivity contribution is 6.12. The number of hydrogen-bond donors (Lipinski definition) is 1. The van der Waals surface area contributed by atoms with Crippen LogP contribution in [-0.4, -0.2) is 14.5 Å². The van der Waals surface area contributed by atoms with E-state index < -0.39 is 0 Å². The fraction of sp³-hybridized carbons (Fsp3) is 0.0625. The van der Waals surface area contributed by atoms with Gasteiger partial charge in [0.1, 0.15) is 11.5 Å². The van der Waals surface area contributed by atoms with Gasteiger partial charge in [-0.15, -0.1) is 0 Å². The summed E-state index contributed by atoms with van der Waals surface area (Å²) in [5.41, 5.74) is 4.33. The van der Waals surface area contributed by atoms with Crippen LogP contribution in [0.25, 0.3) is 38.6 Å². The first-order chi connectivity index (χ1) is 18.2. The molecule has 0 bridgehead atoms. The summed E-state index contributed by atoms with van der Waals surface area (Å²) in [6.45, 7) is 0. The monoisotopic (exact) mass is 481 g/mol. The molecule has 0 radical (unpaired) electrons. The minimum Gasteiger partial charge on any atom is -0.469 e. The Balaban J connectivity index is 1.51. The first-order valence-corrected chi connectivity index (χ1v) is 12.3. The number of H-pyrrole nitrogens is 1.